The number of aryl methyl sites for hydroxylation is 1. The number of aromatic carboxylic acids is 1. The lowest BCUT2D eigenvalue weighted by Gasteiger charge is -2.17. The van der Waals surface area contributed by atoms with Crippen molar-refractivity contribution in [3.05, 3.63) is 86.1 Å². The van der Waals surface area contributed by atoms with E-state index in [4.69, 9.17) is 21.1 Å². The van der Waals surface area contributed by atoms with Crippen LogP contribution in [0.25, 0.3) is 0 Å². The molecular weight excluding hydrogens is 501 g/mol. The lowest BCUT2D eigenvalue weighted by molar-refractivity contribution is 0.0697. The van der Waals surface area contributed by atoms with Crippen molar-refractivity contribution in [3.8, 4) is 11.5 Å². The van der Waals surface area contributed by atoms with Crippen molar-refractivity contribution in [2.24, 2.45) is 0 Å². The molecule has 168 valence electrons. The molecule has 2 N–H and O–H groups in total. The number of carboxylic acid groups (broad SMARTS) is 1. The molecule has 0 bridgehead atoms. The molecule has 0 saturated carbocycles. The minimum absolute atomic E-state index is 0.0448. The summed E-state index contributed by atoms with van der Waals surface area (Å²) in [5.41, 5.74) is 3.02. The lowest BCUT2D eigenvalue weighted by atomic mass is 10.1. The Hall–Kier alpha value is -2.77. The summed E-state index contributed by atoms with van der Waals surface area (Å²) >= 11 is 9.64. The minimum Gasteiger partial charge on any atom is -0.490 e. The van der Waals surface area contributed by atoms with Gasteiger partial charge in [0.25, 0.3) is 0 Å². The Labute approximate surface area is 199 Å². The van der Waals surface area contributed by atoms with Crippen molar-refractivity contribution in [2.45, 2.75) is 27.0 Å². The van der Waals surface area contributed by atoms with Gasteiger partial charge in [0.05, 0.1) is 17.2 Å². The van der Waals surface area contributed by atoms with Crippen molar-refractivity contribution in [2.75, 3.05) is 11.9 Å². The summed E-state index contributed by atoms with van der Waals surface area (Å²) in [5, 5.41) is 12.8. The summed E-state index contributed by atoms with van der Waals surface area (Å²) < 4.78 is 26.4. The Morgan fingerprint density at radius 3 is 2.59 bits per heavy atom. The van der Waals surface area contributed by atoms with E-state index in [-0.39, 0.29) is 17.7 Å². The van der Waals surface area contributed by atoms with Crippen molar-refractivity contribution >= 4 is 39.2 Å². The topological polar surface area (TPSA) is 67.8 Å². The minimum atomic E-state index is -0.982. The third-order valence-electron chi connectivity index (χ3n) is 4.80. The zero-order chi connectivity index (χ0) is 23.3. The summed E-state index contributed by atoms with van der Waals surface area (Å²) in [6, 6.07) is 13.0. The van der Waals surface area contributed by atoms with Crippen LogP contribution in [0.15, 0.2) is 53.0 Å². The van der Waals surface area contributed by atoms with E-state index in [9.17, 15) is 14.3 Å². The van der Waals surface area contributed by atoms with Crippen LogP contribution in [0.3, 0.4) is 0 Å². The maximum atomic E-state index is 14.1. The first-order valence-electron chi connectivity index (χ1n) is 9.88. The summed E-state index contributed by atoms with van der Waals surface area (Å²) in [6.45, 7) is 4.56. The Bertz CT molecular complexity index is 1120. The summed E-state index contributed by atoms with van der Waals surface area (Å²) in [6.07, 6.45) is 0. The van der Waals surface area contributed by atoms with E-state index in [1.54, 1.807) is 36.4 Å². The molecule has 0 amide bonds. The van der Waals surface area contributed by atoms with Crippen LogP contribution in [0.1, 0.15) is 34.0 Å². The van der Waals surface area contributed by atoms with Gasteiger partial charge in [-0.1, -0.05) is 39.7 Å². The summed E-state index contributed by atoms with van der Waals surface area (Å²) in [5.74, 6) is -0.458. The monoisotopic (exact) mass is 521 g/mol. The van der Waals surface area contributed by atoms with Gasteiger partial charge in [0, 0.05) is 22.3 Å². The fraction of sp³-hybridized carbons (Fsp3) is 0.208. The first kappa shape index (κ1) is 23.9. The second-order valence-electron chi connectivity index (χ2n) is 7.00. The first-order chi connectivity index (χ1) is 15.3. The fourth-order valence-electron chi connectivity index (χ4n) is 3.05. The predicted octanol–water partition coefficient (Wildman–Crippen LogP) is 6.84. The molecule has 0 atom stereocenters. The van der Waals surface area contributed by atoms with Gasteiger partial charge < -0.3 is 19.9 Å². The number of benzene rings is 3. The number of carboxylic acids is 1. The van der Waals surface area contributed by atoms with E-state index in [2.05, 4.69) is 21.2 Å². The number of anilines is 1. The number of carbonyl (C=O) groups is 1. The Kier molecular flexibility index (Phi) is 7.99. The third kappa shape index (κ3) is 5.72. The van der Waals surface area contributed by atoms with Crippen LogP contribution in [0, 0.1) is 12.7 Å². The molecule has 0 spiro atoms. The fourth-order valence-corrected chi connectivity index (χ4v) is 3.73. The van der Waals surface area contributed by atoms with E-state index in [0.717, 1.165) is 21.3 Å². The van der Waals surface area contributed by atoms with E-state index in [1.165, 1.54) is 6.07 Å². The second-order valence-corrected chi connectivity index (χ2v) is 8.26. The third-order valence-corrected chi connectivity index (χ3v) is 5.89. The van der Waals surface area contributed by atoms with Crippen LogP contribution in [-0.4, -0.2) is 17.7 Å². The number of rotatable bonds is 9. The molecule has 0 fully saturated rings. The van der Waals surface area contributed by atoms with Gasteiger partial charge in [-0.3, -0.25) is 0 Å². The molecule has 32 heavy (non-hydrogen) atoms. The highest BCUT2D eigenvalue weighted by Crippen LogP contribution is 2.35. The number of hydrogen-bond acceptors (Lipinski definition) is 4. The molecule has 3 aromatic rings. The zero-order valence-electron chi connectivity index (χ0n) is 17.5. The number of nitrogens with one attached hydrogen (secondary N) is 1. The Balaban J connectivity index is 1.81. The quantitative estimate of drug-likeness (QED) is 0.322. The molecular formula is C24H22BrClFNO4. The molecule has 5 nitrogen and oxygen atoms in total. The van der Waals surface area contributed by atoms with E-state index in [1.807, 2.05) is 19.9 Å². The van der Waals surface area contributed by atoms with Gasteiger partial charge in [-0.05, 0) is 61.4 Å². The van der Waals surface area contributed by atoms with Gasteiger partial charge in [0.15, 0.2) is 11.5 Å². The predicted molar refractivity (Wildman–Crippen MR) is 127 cm³/mol. The van der Waals surface area contributed by atoms with Gasteiger partial charge in [-0.25, -0.2) is 9.18 Å². The lowest BCUT2D eigenvalue weighted by Crippen LogP contribution is -2.06. The van der Waals surface area contributed by atoms with Gasteiger partial charge >= 0.3 is 5.97 Å². The van der Waals surface area contributed by atoms with Crippen molar-refractivity contribution in [1.82, 2.24) is 0 Å². The molecule has 3 aromatic carbocycles. The highest BCUT2D eigenvalue weighted by Gasteiger charge is 2.14. The van der Waals surface area contributed by atoms with Gasteiger partial charge in [-0.15, -0.1) is 0 Å². The summed E-state index contributed by atoms with van der Waals surface area (Å²) in [4.78, 5) is 11.3. The molecule has 8 heteroatoms. The van der Waals surface area contributed by atoms with E-state index >= 15 is 0 Å². The molecule has 0 aliphatic carbocycles. The van der Waals surface area contributed by atoms with E-state index < -0.39 is 11.8 Å². The molecule has 0 aliphatic heterocycles. The first-order valence-corrected chi connectivity index (χ1v) is 11.1. The van der Waals surface area contributed by atoms with Crippen LogP contribution in [-0.2, 0) is 13.2 Å². The number of halogens is 3. The Morgan fingerprint density at radius 2 is 1.91 bits per heavy atom. The van der Waals surface area contributed by atoms with Crippen LogP contribution in [0.4, 0.5) is 10.1 Å². The van der Waals surface area contributed by atoms with Gasteiger partial charge in [-0.2, -0.15) is 0 Å². The van der Waals surface area contributed by atoms with Crippen LogP contribution in [0.2, 0.25) is 5.02 Å². The smallest absolute Gasteiger partial charge is 0.335 e. The van der Waals surface area contributed by atoms with Crippen LogP contribution >= 0.6 is 27.5 Å². The molecule has 0 radical (unpaired) electrons. The zero-order valence-corrected chi connectivity index (χ0v) is 19.9. The molecule has 0 aliphatic rings. The molecule has 3 rings (SSSR count). The molecule has 0 heterocycles. The number of ether oxygens (including phenoxy) is 2. The highest BCUT2D eigenvalue weighted by molar-refractivity contribution is 9.10. The standard InChI is InChI=1S/C24H22BrClFNO4/c1-3-31-22-10-16(12-28-21-9-15(24(29)30)8-7-14(21)2)18(25)11-23(22)32-13-17-19(26)5-4-6-20(17)27/h4-11,28H,3,12-13H2,1-2H3,(H,29,30). The van der Waals surface area contributed by atoms with Gasteiger partial charge in [0.2, 0.25) is 0 Å². The van der Waals surface area contributed by atoms with Crippen molar-refractivity contribution in [3.63, 3.8) is 0 Å². The van der Waals surface area contributed by atoms with E-state index in [0.29, 0.717) is 29.7 Å². The maximum absolute atomic E-state index is 14.1. The molecule has 0 saturated heterocycles. The second kappa shape index (κ2) is 10.7. The van der Waals surface area contributed by atoms with Crippen molar-refractivity contribution < 1.29 is 23.8 Å². The van der Waals surface area contributed by atoms with Crippen LogP contribution < -0.4 is 14.8 Å². The SMILES string of the molecule is CCOc1cc(CNc2cc(C(=O)O)ccc2C)c(Br)cc1OCc1c(F)cccc1Cl. The highest BCUT2D eigenvalue weighted by atomic mass is 79.9. The molecule has 0 aromatic heterocycles. The largest absolute Gasteiger partial charge is 0.490 e. The Morgan fingerprint density at radius 1 is 1.16 bits per heavy atom. The average Bonchev–Trinajstić information content (AvgIpc) is 2.75. The van der Waals surface area contributed by atoms with Crippen molar-refractivity contribution in [1.29, 1.82) is 0 Å². The van der Waals surface area contributed by atoms with Crippen LogP contribution in [0.5, 0.6) is 11.5 Å². The number of hydrogen-bond donors (Lipinski definition) is 2. The maximum Gasteiger partial charge on any atom is 0.335 e. The normalized spacial score (nSPS) is 10.7. The van der Waals surface area contributed by atoms with Gasteiger partial charge in [0.1, 0.15) is 12.4 Å². The summed E-state index contributed by atoms with van der Waals surface area (Å²) in [7, 11) is 0. The average molecular weight is 523 g/mol. The molecule has 0 unspecified atom stereocenters.